The summed E-state index contributed by atoms with van der Waals surface area (Å²) in [6.45, 7) is 0.191. The predicted octanol–water partition coefficient (Wildman–Crippen LogP) is 0.0742. The van der Waals surface area contributed by atoms with Crippen LogP contribution in [0.2, 0.25) is 0 Å². The van der Waals surface area contributed by atoms with Crippen molar-refractivity contribution < 1.29 is 29.5 Å². The van der Waals surface area contributed by atoms with E-state index in [0.717, 1.165) is 5.56 Å². The SMILES string of the molecule is COC(/C=C/c1ccc2c(c1)OCO2)C(O)(O)O. The van der Waals surface area contributed by atoms with E-state index in [0.29, 0.717) is 11.5 Å². The number of hydrogen-bond acceptors (Lipinski definition) is 6. The maximum absolute atomic E-state index is 9.00. The van der Waals surface area contributed by atoms with Gasteiger partial charge in [-0.1, -0.05) is 12.1 Å². The second kappa shape index (κ2) is 4.95. The van der Waals surface area contributed by atoms with Gasteiger partial charge < -0.3 is 29.5 Å². The average molecular weight is 254 g/mol. The molecule has 1 aromatic carbocycles. The molecule has 18 heavy (non-hydrogen) atoms. The first kappa shape index (κ1) is 12.8. The maximum atomic E-state index is 9.00. The molecule has 6 heteroatoms. The van der Waals surface area contributed by atoms with Gasteiger partial charge in [-0.15, -0.1) is 0 Å². The highest BCUT2D eigenvalue weighted by Crippen LogP contribution is 2.32. The number of aliphatic hydroxyl groups is 3. The van der Waals surface area contributed by atoms with Crippen molar-refractivity contribution in [3.8, 4) is 11.5 Å². The molecule has 0 radical (unpaired) electrons. The molecule has 1 aliphatic heterocycles. The van der Waals surface area contributed by atoms with E-state index >= 15 is 0 Å². The molecule has 0 fully saturated rings. The Bertz CT molecular complexity index is 448. The molecule has 1 aromatic rings. The average Bonchev–Trinajstić information content (AvgIpc) is 2.75. The molecular formula is C12H14O6. The number of hydrogen-bond donors (Lipinski definition) is 3. The lowest BCUT2D eigenvalue weighted by Gasteiger charge is -2.21. The first-order valence-electron chi connectivity index (χ1n) is 5.28. The topological polar surface area (TPSA) is 88.4 Å². The Kier molecular flexibility index (Phi) is 3.53. The van der Waals surface area contributed by atoms with Crippen LogP contribution in [0.15, 0.2) is 24.3 Å². The Balaban J connectivity index is 2.13. The van der Waals surface area contributed by atoms with E-state index in [4.69, 9.17) is 29.5 Å². The molecule has 98 valence electrons. The first-order chi connectivity index (χ1) is 8.50. The molecule has 1 unspecified atom stereocenters. The van der Waals surface area contributed by atoms with Gasteiger partial charge in [-0.3, -0.25) is 0 Å². The Hall–Kier alpha value is -1.60. The fourth-order valence-corrected chi connectivity index (χ4v) is 1.58. The van der Waals surface area contributed by atoms with Crippen molar-refractivity contribution in [1.29, 1.82) is 0 Å². The van der Waals surface area contributed by atoms with Crippen LogP contribution < -0.4 is 9.47 Å². The molecule has 1 heterocycles. The number of ether oxygens (including phenoxy) is 3. The Morgan fingerprint density at radius 3 is 2.67 bits per heavy atom. The van der Waals surface area contributed by atoms with Gasteiger partial charge >= 0.3 is 5.97 Å². The number of rotatable bonds is 4. The molecule has 0 bridgehead atoms. The standard InChI is InChI=1S/C12H14O6/c1-16-11(12(13,14)15)5-3-8-2-4-9-10(6-8)18-7-17-9/h2-6,11,13-15H,7H2,1H3/b5-3+. The molecule has 3 N–H and O–H groups in total. The van der Waals surface area contributed by atoms with E-state index in [-0.39, 0.29) is 6.79 Å². The molecule has 2 rings (SSSR count). The van der Waals surface area contributed by atoms with E-state index in [1.54, 1.807) is 24.3 Å². The lowest BCUT2D eigenvalue weighted by molar-refractivity contribution is -0.348. The monoisotopic (exact) mass is 254 g/mol. The zero-order valence-electron chi connectivity index (χ0n) is 9.74. The van der Waals surface area contributed by atoms with Crippen molar-refractivity contribution in [1.82, 2.24) is 0 Å². The third kappa shape index (κ3) is 2.80. The van der Waals surface area contributed by atoms with E-state index in [2.05, 4.69) is 0 Å². The summed E-state index contributed by atoms with van der Waals surface area (Å²) in [5.41, 5.74) is 0.755. The first-order valence-corrected chi connectivity index (χ1v) is 5.28. The molecule has 0 spiro atoms. The quantitative estimate of drug-likeness (QED) is 0.659. The van der Waals surface area contributed by atoms with Crippen LogP contribution in [0.25, 0.3) is 6.08 Å². The molecule has 0 amide bonds. The lowest BCUT2D eigenvalue weighted by Crippen LogP contribution is -2.41. The van der Waals surface area contributed by atoms with Crippen LogP contribution in [0.4, 0.5) is 0 Å². The predicted molar refractivity (Wildman–Crippen MR) is 61.8 cm³/mol. The van der Waals surface area contributed by atoms with Crippen molar-refractivity contribution in [3.63, 3.8) is 0 Å². The fraction of sp³-hybridized carbons (Fsp3) is 0.333. The van der Waals surface area contributed by atoms with Crippen molar-refractivity contribution in [2.75, 3.05) is 13.9 Å². The number of methoxy groups -OCH3 is 1. The smallest absolute Gasteiger partial charge is 0.307 e. The van der Waals surface area contributed by atoms with Crippen LogP contribution in [0.5, 0.6) is 11.5 Å². The Morgan fingerprint density at radius 2 is 2.00 bits per heavy atom. The van der Waals surface area contributed by atoms with Crippen LogP contribution in [-0.2, 0) is 4.74 Å². The molecule has 0 aromatic heterocycles. The summed E-state index contributed by atoms with van der Waals surface area (Å²) >= 11 is 0. The van der Waals surface area contributed by atoms with Gasteiger partial charge in [0, 0.05) is 7.11 Å². The normalized spacial score (nSPS) is 16.2. The van der Waals surface area contributed by atoms with Crippen LogP contribution in [0, 0.1) is 0 Å². The number of benzene rings is 1. The second-order valence-electron chi connectivity index (χ2n) is 3.82. The van der Waals surface area contributed by atoms with Crippen molar-refractivity contribution >= 4 is 6.08 Å². The molecule has 0 aliphatic carbocycles. The second-order valence-corrected chi connectivity index (χ2v) is 3.82. The number of fused-ring (bicyclic) bond motifs is 1. The van der Waals surface area contributed by atoms with E-state index in [9.17, 15) is 0 Å². The molecule has 0 saturated carbocycles. The van der Waals surface area contributed by atoms with Crippen molar-refractivity contribution in [3.05, 3.63) is 29.8 Å². The summed E-state index contributed by atoms with van der Waals surface area (Å²) in [7, 11) is 1.26. The van der Waals surface area contributed by atoms with Crippen LogP contribution >= 0.6 is 0 Å². The van der Waals surface area contributed by atoms with E-state index in [1.807, 2.05) is 0 Å². The van der Waals surface area contributed by atoms with Gasteiger partial charge in [0.25, 0.3) is 0 Å². The van der Waals surface area contributed by atoms with E-state index < -0.39 is 12.1 Å². The fourth-order valence-electron chi connectivity index (χ4n) is 1.58. The van der Waals surface area contributed by atoms with Crippen LogP contribution in [0.3, 0.4) is 0 Å². The summed E-state index contributed by atoms with van der Waals surface area (Å²) in [5.74, 6) is -1.63. The molecule has 0 saturated heterocycles. The highest BCUT2D eigenvalue weighted by atomic mass is 16.7. The third-order valence-electron chi connectivity index (χ3n) is 2.50. The zero-order chi connectivity index (χ0) is 13.2. The summed E-state index contributed by atoms with van der Waals surface area (Å²) in [4.78, 5) is 0. The zero-order valence-corrected chi connectivity index (χ0v) is 9.74. The van der Waals surface area contributed by atoms with E-state index in [1.165, 1.54) is 13.2 Å². The molecular weight excluding hydrogens is 240 g/mol. The third-order valence-corrected chi connectivity index (χ3v) is 2.50. The highest BCUT2D eigenvalue weighted by Gasteiger charge is 2.29. The summed E-state index contributed by atoms with van der Waals surface area (Å²) in [5, 5.41) is 27.0. The highest BCUT2D eigenvalue weighted by molar-refractivity contribution is 5.56. The Morgan fingerprint density at radius 1 is 1.28 bits per heavy atom. The minimum atomic E-state index is -2.92. The lowest BCUT2D eigenvalue weighted by atomic mass is 10.1. The summed E-state index contributed by atoms with van der Waals surface area (Å²) in [6.07, 6.45) is 1.66. The molecule has 6 nitrogen and oxygen atoms in total. The Labute approximate surface area is 104 Å². The summed E-state index contributed by atoms with van der Waals surface area (Å²) in [6, 6.07) is 5.25. The largest absolute Gasteiger partial charge is 0.454 e. The van der Waals surface area contributed by atoms with Gasteiger partial charge in [0.05, 0.1) is 0 Å². The summed E-state index contributed by atoms with van der Waals surface area (Å²) < 4.78 is 15.1. The van der Waals surface area contributed by atoms with Gasteiger partial charge in [0.2, 0.25) is 6.79 Å². The van der Waals surface area contributed by atoms with Gasteiger partial charge in [0.15, 0.2) is 17.6 Å². The van der Waals surface area contributed by atoms with Gasteiger partial charge in [-0.25, -0.2) is 0 Å². The minimum Gasteiger partial charge on any atom is -0.454 e. The molecule has 1 aliphatic rings. The van der Waals surface area contributed by atoms with Crippen LogP contribution in [0.1, 0.15) is 5.56 Å². The van der Waals surface area contributed by atoms with Crippen LogP contribution in [-0.4, -0.2) is 41.3 Å². The van der Waals surface area contributed by atoms with Gasteiger partial charge in [-0.2, -0.15) is 0 Å². The maximum Gasteiger partial charge on any atom is 0.307 e. The van der Waals surface area contributed by atoms with Gasteiger partial charge in [0.1, 0.15) is 0 Å². The van der Waals surface area contributed by atoms with Crippen molar-refractivity contribution in [2.24, 2.45) is 0 Å². The van der Waals surface area contributed by atoms with Crippen molar-refractivity contribution in [2.45, 2.75) is 12.1 Å². The minimum absolute atomic E-state index is 0.191. The van der Waals surface area contributed by atoms with Gasteiger partial charge in [-0.05, 0) is 23.8 Å². The molecule has 1 atom stereocenters.